The molecule has 0 radical (unpaired) electrons. The van der Waals surface area contributed by atoms with Crippen LogP contribution in [0.3, 0.4) is 0 Å². The molecule has 0 unspecified atom stereocenters. The molecule has 1 saturated heterocycles. The Morgan fingerprint density at radius 2 is 1.73 bits per heavy atom. The zero-order chi connectivity index (χ0) is 18.5. The van der Waals surface area contributed by atoms with Crippen molar-refractivity contribution >= 4 is 11.9 Å². The van der Waals surface area contributed by atoms with Gasteiger partial charge in [-0.15, -0.1) is 0 Å². The van der Waals surface area contributed by atoms with Crippen LogP contribution in [0.4, 0.5) is 4.79 Å². The molecule has 0 bridgehead atoms. The highest BCUT2D eigenvalue weighted by Gasteiger charge is 2.29. The van der Waals surface area contributed by atoms with Gasteiger partial charge in [-0.25, -0.2) is 4.79 Å². The number of hydrogen-bond acceptors (Lipinski definition) is 2. The summed E-state index contributed by atoms with van der Waals surface area (Å²) >= 11 is 0. The molecule has 1 atom stereocenters. The molecular formula is C21H31N3O2. The minimum atomic E-state index is -0.0774. The summed E-state index contributed by atoms with van der Waals surface area (Å²) in [4.78, 5) is 26.0. The van der Waals surface area contributed by atoms with E-state index in [9.17, 15) is 9.59 Å². The van der Waals surface area contributed by atoms with E-state index in [0.717, 1.165) is 25.9 Å². The lowest BCUT2D eigenvalue weighted by molar-refractivity contribution is -0.129. The van der Waals surface area contributed by atoms with Gasteiger partial charge in [0.2, 0.25) is 5.91 Å². The Balaban J connectivity index is 1.61. The number of carbonyl (C=O) groups is 2. The molecule has 1 aliphatic heterocycles. The van der Waals surface area contributed by atoms with Crippen molar-refractivity contribution in [1.82, 2.24) is 15.5 Å². The molecular weight excluding hydrogens is 326 g/mol. The average molecular weight is 357 g/mol. The Morgan fingerprint density at radius 1 is 1.08 bits per heavy atom. The Morgan fingerprint density at radius 3 is 2.35 bits per heavy atom. The third kappa shape index (κ3) is 4.57. The molecule has 0 spiro atoms. The van der Waals surface area contributed by atoms with Gasteiger partial charge in [0, 0.05) is 26.1 Å². The smallest absolute Gasteiger partial charge is 0.315 e. The molecule has 2 aliphatic rings. The van der Waals surface area contributed by atoms with E-state index in [4.69, 9.17) is 0 Å². The first kappa shape index (κ1) is 18.7. The molecule has 1 saturated carbocycles. The van der Waals surface area contributed by atoms with Crippen LogP contribution in [0.25, 0.3) is 0 Å². The van der Waals surface area contributed by atoms with E-state index in [0.29, 0.717) is 5.92 Å². The third-order valence-electron chi connectivity index (χ3n) is 5.96. The van der Waals surface area contributed by atoms with Crippen molar-refractivity contribution in [2.24, 2.45) is 5.92 Å². The number of nitrogens with zero attached hydrogens (tertiary/aromatic N) is 1. The molecule has 0 aromatic heterocycles. The van der Waals surface area contributed by atoms with Gasteiger partial charge in [-0.05, 0) is 49.7 Å². The second kappa shape index (κ2) is 8.56. The van der Waals surface area contributed by atoms with Crippen LogP contribution >= 0.6 is 0 Å². The van der Waals surface area contributed by atoms with Crippen LogP contribution in [-0.4, -0.2) is 36.0 Å². The minimum absolute atomic E-state index is 0.0774. The van der Waals surface area contributed by atoms with Crippen LogP contribution in [0, 0.1) is 12.8 Å². The maximum atomic E-state index is 12.7. The fourth-order valence-corrected chi connectivity index (χ4v) is 4.38. The lowest BCUT2D eigenvalue weighted by Gasteiger charge is -2.33. The normalized spacial score (nSPS) is 20.0. The lowest BCUT2D eigenvalue weighted by Crippen LogP contribution is -2.49. The number of urea groups is 1. The zero-order valence-corrected chi connectivity index (χ0v) is 16.0. The van der Waals surface area contributed by atoms with Crippen molar-refractivity contribution in [3.8, 4) is 0 Å². The van der Waals surface area contributed by atoms with Crippen LogP contribution in [0.15, 0.2) is 24.3 Å². The van der Waals surface area contributed by atoms with Gasteiger partial charge in [0.05, 0.1) is 6.04 Å². The van der Waals surface area contributed by atoms with Crippen molar-refractivity contribution in [3.63, 3.8) is 0 Å². The summed E-state index contributed by atoms with van der Waals surface area (Å²) < 4.78 is 0. The van der Waals surface area contributed by atoms with Crippen molar-refractivity contribution < 1.29 is 9.59 Å². The number of amides is 3. The number of rotatable bonds is 4. The number of piperidine rings is 1. The molecule has 142 valence electrons. The molecule has 2 N–H and O–H groups in total. The van der Waals surface area contributed by atoms with Crippen LogP contribution in [0.1, 0.15) is 62.6 Å². The topological polar surface area (TPSA) is 61.4 Å². The highest BCUT2D eigenvalue weighted by molar-refractivity contribution is 5.75. The predicted molar refractivity (Wildman–Crippen MR) is 103 cm³/mol. The second-order valence-corrected chi connectivity index (χ2v) is 7.78. The second-order valence-electron chi connectivity index (χ2n) is 7.78. The molecule has 3 rings (SSSR count). The van der Waals surface area contributed by atoms with Gasteiger partial charge >= 0.3 is 6.03 Å². The summed E-state index contributed by atoms with van der Waals surface area (Å²) in [7, 11) is 0. The molecule has 3 amide bonds. The van der Waals surface area contributed by atoms with E-state index in [2.05, 4.69) is 35.8 Å². The Kier molecular flexibility index (Phi) is 6.17. The summed E-state index contributed by atoms with van der Waals surface area (Å²) in [5.74, 6) is 0.634. The van der Waals surface area contributed by atoms with Crippen molar-refractivity contribution in [2.45, 2.75) is 64.5 Å². The highest BCUT2D eigenvalue weighted by Crippen LogP contribution is 2.36. The Hall–Kier alpha value is -2.04. The molecule has 1 aliphatic carbocycles. The van der Waals surface area contributed by atoms with Crippen molar-refractivity contribution in [1.29, 1.82) is 0 Å². The predicted octanol–water partition coefficient (Wildman–Crippen LogP) is 3.54. The van der Waals surface area contributed by atoms with Gasteiger partial charge in [-0.1, -0.05) is 37.1 Å². The van der Waals surface area contributed by atoms with Gasteiger partial charge in [0.15, 0.2) is 0 Å². The van der Waals surface area contributed by atoms with E-state index >= 15 is 0 Å². The van der Waals surface area contributed by atoms with Crippen LogP contribution in [0.2, 0.25) is 0 Å². The first-order valence-electron chi connectivity index (χ1n) is 9.92. The molecule has 2 fully saturated rings. The molecule has 1 heterocycles. The number of aryl methyl sites for hydroxylation is 1. The van der Waals surface area contributed by atoms with Crippen LogP contribution in [-0.2, 0) is 4.79 Å². The number of hydrogen-bond donors (Lipinski definition) is 2. The minimum Gasteiger partial charge on any atom is -0.343 e. The monoisotopic (exact) mass is 357 g/mol. The number of carbonyl (C=O) groups excluding carboxylic acids is 2. The van der Waals surface area contributed by atoms with E-state index < -0.39 is 0 Å². The van der Waals surface area contributed by atoms with Crippen molar-refractivity contribution in [3.05, 3.63) is 35.4 Å². The maximum Gasteiger partial charge on any atom is 0.315 e. The van der Waals surface area contributed by atoms with Crippen LogP contribution < -0.4 is 10.6 Å². The summed E-state index contributed by atoms with van der Waals surface area (Å²) in [6.07, 6.45) is 6.50. The fourth-order valence-electron chi connectivity index (χ4n) is 4.38. The zero-order valence-electron chi connectivity index (χ0n) is 16.0. The first-order chi connectivity index (χ1) is 12.5. The Bertz CT molecular complexity index is 632. The summed E-state index contributed by atoms with van der Waals surface area (Å²) in [6.45, 7) is 5.18. The van der Waals surface area contributed by atoms with Gasteiger partial charge in [-0.3, -0.25) is 4.79 Å². The summed E-state index contributed by atoms with van der Waals surface area (Å²) in [6, 6.07) is 8.52. The standard InChI is InChI=1S/C21H31N3O2/c1-15-7-3-6-10-19(15)20(17-8-4-5-9-17)23-21(26)22-18-11-13-24(14-12-18)16(2)25/h3,6-7,10,17-18,20H,4-5,8-9,11-14H2,1-2H3,(H2,22,23,26)/t20-/m0/s1. The van der Waals surface area contributed by atoms with Gasteiger partial charge in [0.1, 0.15) is 0 Å². The number of likely N-dealkylation sites (tertiary alicyclic amines) is 1. The fraction of sp³-hybridized carbons (Fsp3) is 0.619. The maximum absolute atomic E-state index is 12.7. The highest BCUT2D eigenvalue weighted by atomic mass is 16.2. The van der Waals surface area contributed by atoms with Gasteiger partial charge in [0.25, 0.3) is 0 Å². The quantitative estimate of drug-likeness (QED) is 0.866. The molecule has 5 heteroatoms. The summed E-state index contributed by atoms with van der Waals surface area (Å²) in [5.41, 5.74) is 2.47. The molecule has 5 nitrogen and oxygen atoms in total. The van der Waals surface area contributed by atoms with Crippen LogP contribution in [0.5, 0.6) is 0 Å². The Labute approximate surface area is 156 Å². The molecule has 1 aromatic carbocycles. The van der Waals surface area contributed by atoms with Crippen molar-refractivity contribution in [2.75, 3.05) is 13.1 Å². The number of nitrogens with one attached hydrogen (secondary N) is 2. The lowest BCUT2D eigenvalue weighted by atomic mass is 9.89. The molecule has 1 aromatic rings. The molecule has 26 heavy (non-hydrogen) atoms. The van der Waals surface area contributed by atoms with E-state index in [1.165, 1.54) is 36.8 Å². The first-order valence-corrected chi connectivity index (χ1v) is 9.92. The van der Waals surface area contributed by atoms with E-state index in [-0.39, 0.29) is 24.0 Å². The third-order valence-corrected chi connectivity index (χ3v) is 5.96. The van der Waals surface area contributed by atoms with Gasteiger partial charge < -0.3 is 15.5 Å². The van der Waals surface area contributed by atoms with E-state index in [1.807, 2.05) is 11.0 Å². The summed E-state index contributed by atoms with van der Waals surface area (Å²) in [5, 5.41) is 6.40. The largest absolute Gasteiger partial charge is 0.343 e. The van der Waals surface area contributed by atoms with E-state index in [1.54, 1.807) is 6.92 Å². The average Bonchev–Trinajstić information content (AvgIpc) is 3.15. The SMILES string of the molecule is CC(=O)N1CCC(NC(=O)N[C@H](c2ccccc2C)C2CCCC2)CC1. The number of benzene rings is 1. The van der Waals surface area contributed by atoms with Gasteiger partial charge in [-0.2, -0.15) is 0 Å².